The lowest BCUT2D eigenvalue weighted by molar-refractivity contribution is 0.563. The molecule has 1 aromatic carbocycles. The van der Waals surface area contributed by atoms with Crippen LogP contribution < -0.4 is 5.32 Å². The topological polar surface area (TPSA) is 24.9 Å². The Morgan fingerprint density at radius 1 is 0.800 bits per heavy atom. The first-order valence-corrected chi connectivity index (χ1v) is 9.48. The highest BCUT2D eigenvalue weighted by Crippen LogP contribution is 2.34. The van der Waals surface area contributed by atoms with Gasteiger partial charge in [-0.1, -0.05) is 72.7 Å². The largest absolute Gasteiger partial charge is 0.376 e. The molecule has 0 aliphatic rings. The Hall–Kier alpha value is -1.83. The number of anilines is 1. The van der Waals surface area contributed by atoms with E-state index in [4.69, 9.17) is 4.98 Å². The minimum Gasteiger partial charge on any atom is -0.376 e. The van der Waals surface area contributed by atoms with E-state index in [9.17, 15) is 0 Å². The van der Waals surface area contributed by atoms with Crippen molar-refractivity contribution in [2.75, 3.05) is 5.32 Å². The van der Waals surface area contributed by atoms with E-state index < -0.39 is 0 Å². The molecule has 0 saturated heterocycles. The fourth-order valence-electron chi connectivity index (χ4n) is 3.12. The third kappa shape index (κ3) is 4.62. The van der Waals surface area contributed by atoms with Gasteiger partial charge in [0.05, 0.1) is 11.7 Å². The van der Waals surface area contributed by atoms with Crippen molar-refractivity contribution in [1.82, 2.24) is 4.98 Å². The quantitative estimate of drug-likeness (QED) is 0.648. The molecule has 2 aromatic rings. The lowest BCUT2D eigenvalue weighted by atomic mass is 9.91. The normalized spacial score (nSPS) is 13.4. The van der Waals surface area contributed by atoms with Crippen LogP contribution in [0.5, 0.6) is 0 Å². The van der Waals surface area contributed by atoms with Gasteiger partial charge >= 0.3 is 0 Å². The molecule has 1 heterocycles. The molecule has 136 valence electrons. The zero-order chi connectivity index (χ0) is 18.8. The van der Waals surface area contributed by atoms with Crippen molar-refractivity contribution >= 4 is 5.69 Å². The van der Waals surface area contributed by atoms with Crippen LogP contribution in [0.1, 0.15) is 95.8 Å². The van der Waals surface area contributed by atoms with Gasteiger partial charge in [0, 0.05) is 16.8 Å². The molecule has 2 nitrogen and oxygen atoms in total. The fraction of sp³-hybridized carbons (Fsp3) is 0.522. The summed E-state index contributed by atoms with van der Waals surface area (Å²) < 4.78 is 0. The van der Waals surface area contributed by atoms with E-state index in [2.05, 4.69) is 97.1 Å². The Kier molecular flexibility index (Phi) is 5.92. The van der Waals surface area contributed by atoms with Crippen molar-refractivity contribution in [3.05, 3.63) is 58.9 Å². The summed E-state index contributed by atoms with van der Waals surface area (Å²) >= 11 is 0. The Morgan fingerprint density at radius 2 is 1.32 bits per heavy atom. The first kappa shape index (κ1) is 19.5. The molecule has 0 amide bonds. The van der Waals surface area contributed by atoms with Gasteiger partial charge in [-0.05, 0) is 42.0 Å². The zero-order valence-electron chi connectivity index (χ0n) is 17.1. The molecule has 2 rings (SSSR count). The average molecular weight is 339 g/mol. The van der Waals surface area contributed by atoms with Crippen LogP contribution in [0.25, 0.3) is 0 Å². The van der Waals surface area contributed by atoms with Crippen molar-refractivity contribution < 1.29 is 0 Å². The summed E-state index contributed by atoms with van der Waals surface area (Å²) in [5, 5.41) is 3.77. The standard InChI is InChI=1S/C23H34N2/c1-15(2)18-11-9-12-19(16(3)4)22(18)24-17(5)20-13-10-14-21(25-20)23(6,7)8/h9-17,24H,1-8H3. The monoisotopic (exact) mass is 338 g/mol. The summed E-state index contributed by atoms with van der Waals surface area (Å²) in [4.78, 5) is 4.93. The summed E-state index contributed by atoms with van der Waals surface area (Å²) in [6.45, 7) is 17.9. The third-order valence-electron chi connectivity index (χ3n) is 4.72. The number of hydrogen-bond donors (Lipinski definition) is 1. The van der Waals surface area contributed by atoms with Gasteiger partial charge < -0.3 is 5.32 Å². The summed E-state index contributed by atoms with van der Waals surface area (Å²) in [5.74, 6) is 0.976. The van der Waals surface area contributed by atoms with Crippen LogP contribution in [0, 0.1) is 0 Å². The van der Waals surface area contributed by atoms with Crippen LogP contribution in [0.3, 0.4) is 0 Å². The van der Waals surface area contributed by atoms with Gasteiger partial charge in [-0.3, -0.25) is 4.98 Å². The molecule has 0 aliphatic heterocycles. The number of benzene rings is 1. The number of para-hydroxylation sites is 1. The fourth-order valence-corrected chi connectivity index (χ4v) is 3.12. The van der Waals surface area contributed by atoms with E-state index in [0.29, 0.717) is 11.8 Å². The Labute approximate surface area is 154 Å². The highest BCUT2D eigenvalue weighted by atomic mass is 15.0. The minimum absolute atomic E-state index is 0.0641. The predicted octanol–water partition coefficient (Wildman–Crippen LogP) is 6.80. The number of hydrogen-bond acceptors (Lipinski definition) is 2. The van der Waals surface area contributed by atoms with Crippen LogP contribution in [0.4, 0.5) is 5.69 Å². The number of aromatic nitrogens is 1. The molecule has 0 aliphatic carbocycles. The Balaban J connectivity index is 2.40. The van der Waals surface area contributed by atoms with Crippen LogP contribution in [-0.2, 0) is 5.41 Å². The summed E-state index contributed by atoms with van der Waals surface area (Å²) in [5.41, 5.74) is 6.34. The summed E-state index contributed by atoms with van der Waals surface area (Å²) in [7, 11) is 0. The van der Waals surface area contributed by atoms with Gasteiger partial charge in [0.2, 0.25) is 0 Å². The highest BCUT2D eigenvalue weighted by Gasteiger charge is 2.19. The predicted molar refractivity (Wildman–Crippen MR) is 110 cm³/mol. The second-order valence-corrected chi connectivity index (χ2v) is 8.68. The maximum Gasteiger partial charge on any atom is 0.0657 e. The second-order valence-electron chi connectivity index (χ2n) is 8.68. The van der Waals surface area contributed by atoms with Crippen molar-refractivity contribution in [2.24, 2.45) is 0 Å². The molecule has 0 spiro atoms. The molecule has 0 fully saturated rings. The smallest absolute Gasteiger partial charge is 0.0657 e. The molecule has 1 atom stereocenters. The molecule has 1 unspecified atom stereocenters. The van der Waals surface area contributed by atoms with Crippen molar-refractivity contribution in [3.8, 4) is 0 Å². The maximum atomic E-state index is 4.93. The van der Waals surface area contributed by atoms with E-state index in [0.717, 1.165) is 11.4 Å². The molecule has 2 heteroatoms. The molecule has 25 heavy (non-hydrogen) atoms. The lowest BCUT2D eigenvalue weighted by Crippen LogP contribution is -2.17. The number of nitrogens with one attached hydrogen (secondary N) is 1. The van der Waals surface area contributed by atoms with Gasteiger partial charge in [0.15, 0.2) is 0 Å². The lowest BCUT2D eigenvalue weighted by Gasteiger charge is -2.25. The van der Waals surface area contributed by atoms with E-state index in [1.54, 1.807) is 0 Å². The minimum atomic E-state index is 0.0641. The number of pyridine rings is 1. The third-order valence-corrected chi connectivity index (χ3v) is 4.72. The average Bonchev–Trinajstić information content (AvgIpc) is 2.53. The molecule has 0 radical (unpaired) electrons. The highest BCUT2D eigenvalue weighted by molar-refractivity contribution is 5.61. The second kappa shape index (κ2) is 7.59. The molecule has 1 aromatic heterocycles. The molecular weight excluding hydrogens is 304 g/mol. The summed E-state index contributed by atoms with van der Waals surface area (Å²) in [6, 6.07) is 13.2. The van der Waals surface area contributed by atoms with Crippen molar-refractivity contribution in [3.63, 3.8) is 0 Å². The van der Waals surface area contributed by atoms with Gasteiger partial charge in [-0.2, -0.15) is 0 Å². The van der Waals surface area contributed by atoms with Gasteiger partial charge in [0.25, 0.3) is 0 Å². The van der Waals surface area contributed by atoms with Crippen molar-refractivity contribution in [2.45, 2.75) is 78.7 Å². The SMILES string of the molecule is CC(C)c1cccc(C(C)C)c1NC(C)c1cccc(C(C)(C)C)n1. The van der Waals surface area contributed by atoms with E-state index >= 15 is 0 Å². The van der Waals surface area contributed by atoms with Crippen LogP contribution in [-0.4, -0.2) is 4.98 Å². The molecule has 0 bridgehead atoms. The van der Waals surface area contributed by atoms with Gasteiger partial charge in [0.1, 0.15) is 0 Å². The first-order valence-electron chi connectivity index (χ1n) is 9.48. The van der Waals surface area contributed by atoms with E-state index in [1.165, 1.54) is 16.8 Å². The van der Waals surface area contributed by atoms with Crippen molar-refractivity contribution in [1.29, 1.82) is 0 Å². The zero-order valence-corrected chi connectivity index (χ0v) is 17.1. The maximum absolute atomic E-state index is 4.93. The first-order chi connectivity index (χ1) is 11.6. The molecule has 1 N–H and O–H groups in total. The van der Waals surface area contributed by atoms with Crippen LogP contribution in [0.2, 0.25) is 0 Å². The van der Waals surface area contributed by atoms with Gasteiger partial charge in [-0.25, -0.2) is 0 Å². The number of nitrogens with zero attached hydrogens (tertiary/aromatic N) is 1. The number of rotatable bonds is 5. The molecular formula is C23H34N2. The Bertz CT molecular complexity index is 682. The van der Waals surface area contributed by atoms with E-state index in [1.807, 2.05) is 0 Å². The molecule has 0 saturated carbocycles. The van der Waals surface area contributed by atoms with E-state index in [-0.39, 0.29) is 11.5 Å². The van der Waals surface area contributed by atoms with Crippen LogP contribution >= 0.6 is 0 Å². The van der Waals surface area contributed by atoms with Gasteiger partial charge in [-0.15, -0.1) is 0 Å². The van der Waals surface area contributed by atoms with Crippen LogP contribution in [0.15, 0.2) is 36.4 Å². The Morgan fingerprint density at radius 3 is 1.80 bits per heavy atom. The summed E-state index contributed by atoms with van der Waals surface area (Å²) in [6.07, 6.45) is 0.